The van der Waals surface area contributed by atoms with Gasteiger partial charge in [0.25, 0.3) is 5.69 Å². The van der Waals surface area contributed by atoms with Crippen LogP contribution in [0.3, 0.4) is 0 Å². The van der Waals surface area contributed by atoms with Crippen LogP contribution in [0.25, 0.3) is 0 Å². The summed E-state index contributed by atoms with van der Waals surface area (Å²) >= 11 is 0. The van der Waals surface area contributed by atoms with Crippen LogP contribution in [0.4, 0.5) is 21.5 Å². The van der Waals surface area contributed by atoms with Gasteiger partial charge in [-0.1, -0.05) is 12.1 Å². The predicted octanol–water partition coefficient (Wildman–Crippen LogP) is 3.43. The highest BCUT2D eigenvalue weighted by Crippen LogP contribution is 2.28. The minimum Gasteiger partial charge on any atom is -0.360 e. The van der Waals surface area contributed by atoms with Gasteiger partial charge in [-0.25, -0.2) is 4.39 Å². The van der Waals surface area contributed by atoms with Gasteiger partial charge in [-0.2, -0.15) is 0 Å². The Bertz CT molecular complexity index is 793. The van der Waals surface area contributed by atoms with Crippen LogP contribution in [0.15, 0.2) is 36.4 Å². The number of hydrogen-bond acceptors (Lipinski definition) is 4. The van der Waals surface area contributed by atoms with Gasteiger partial charge in [-0.15, -0.1) is 0 Å². The number of aryl methyl sites for hydroxylation is 1. The molecule has 0 saturated heterocycles. The van der Waals surface area contributed by atoms with E-state index in [2.05, 4.69) is 5.32 Å². The average Bonchev–Trinajstić information content (AvgIpc) is 2.51. The molecular formula is C17H18FN3O3. The molecule has 0 aliphatic rings. The number of nitrogens with zero attached hydrogens (tertiary/aromatic N) is 2. The lowest BCUT2D eigenvalue weighted by Gasteiger charge is -2.19. The van der Waals surface area contributed by atoms with E-state index >= 15 is 0 Å². The fourth-order valence-electron chi connectivity index (χ4n) is 2.33. The zero-order chi connectivity index (χ0) is 17.9. The normalized spacial score (nSPS) is 10.3. The van der Waals surface area contributed by atoms with Gasteiger partial charge in [-0.3, -0.25) is 14.9 Å². The third-order valence-electron chi connectivity index (χ3n) is 3.80. The minimum atomic E-state index is -0.603. The van der Waals surface area contributed by atoms with Gasteiger partial charge in [0.2, 0.25) is 5.91 Å². The first-order valence-corrected chi connectivity index (χ1v) is 7.30. The molecule has 24 heavy (non-hydrogen) atoms. The summed E-state index contributed by atoms with van der Waals surface area (Å²) in [7, 11) is 1.50. The molecule has 0 aliphatic heterocycles. The van der Waals surface area contributed by atoms with Crippen LogP contribution in [0.2, 0.25) is 0 Å². The van der Waals surface area contributed by atoms with Crippen molar-refractivity contribution in [3.8, 4) is 0 Å². The van der Waals surface area contributed by atoms with Crippen molar-refractivity contribution >= 4 is 23.0 Å². The third-order valence-corrected chi connectivity index (χ3v) is 3.80. The quantitative estimate of drug-likeness (QED) is 0.673. The van der Waals surface area contributed by atoms with E-state index in [0.29, 0.717) is 5.69 Å². The molecular weight excluding hydrogens is 313 g/mol. The molecule has 0 heterocycles. The molecule has 0 aromatic heterocycles. The van der Waals surface area contributed by atoms with Crippen molar-refractivity contribution in [1.82, 2.24) is 0 Å². The van der Waals surface area contributed by atoms with E-state index in [1.165, 1.54) is 11.9 Å². The molecule has 7 heteroatoms. The summed E-state index contributed by atoms with van der Waals surface area (Å²) in [6.07, 6.45) is 0. The number of rotatable bonds is 5. The number of amides is 1. The number of nitrogens with one attached hydrogen (secondary N) is 1. The third kappa shape index (κ3) is 3.87. The smallest absolute Gasteiger partial charge is 0.292 e. The van der Waals surface area contributed by atoms with Crippen molar-refractivity contribution in [3.05, 3.63) is 63.5 Å². The molecule has 0 aliphatic carbocycles. The first-order valence-electron chi connectivity index (χ1n) is 7.30. The molecule has 1 N–H and O–H groups in total. The summed E-state index contributed by atoms with van der Waals surface area (Å²) in [5, 5.41) is 13.8. The Morgan fingerprint density at radius 2 is 2.00 bits per heavy atom. The SMILES string of the molecule is Cc1cccc(NC(=O)CN(C)c2cc(F)ccc2[N+](=O)[O-])c1C. The lowest BCUT2D eigenvalue weighted by Crippen LogP contribution is -2.30. The highest BCUT2D eigenvalue weighted by molar-refractivity contribution is 5.95. The first-order chi connectivity index (χ1) is 11.3. The molecule has 2 rings (SSSR count). The Morgan fingerprint density at radius 1 is 1.29 bits per heavy atom. The standard InChI is InChI=1S/C17H18FN3O3/c1-11-5-4-6-14(12(11)2)19-17(22)10-20(3)16-9-13(18)7-8-15(16)21(23)24/h4-9H,10H2,1-3H3,(H,19,22). The van der Waals surface area contributed by atoms with E-state index < -0.39 is 10.7 Å². The lowest BCUT2D eigenvalue weighted by molar-refractivity contribution is -0.384. The molecule has 1 amide bonds. The van der Waals surface area contributed by atoms with Crippen molar-refractivity contribution < 1.29 is 14.1 Å². The van der Waals surface area contributed by atoms with Gasteiger partial charge in [0, 0.05) is 24.9 Å². The lowest BCUT2D eigenvalue weighted by atomic mass is 10.1. The van der Waals surface area contributed by atoms with Crippen molar-refractivity contribution in [2.75, 3.05) is 23.8 Å². The van der Waals surface area contributed by atoms with Crippen molar-refractivity contribution in [2.45, 2.75) is 13.8 Å². The Labute approximate surface area is 139 Å². The second-order valence-electron chi connectivity index (χ2n) is 5.54. The second-order valence-corrected chi connectivity index (χ2v) is 5.54. The highest BCUT2D eigenvalue weighted by Gasteiger charge is 2.20. The fourth-order valence-corrected chi connectivity index (χ4v) is 2.33. The van der Waals surface area contributed by atoms with Crippen LogP contribution in [0, 0.1) is 29.8 Å². The summed E-state index contributed by atoms with van der Waals surface area (Å²) < 4.78 is 13.4. The predicted molar refractivity (Wildman–Crippen MR) is 90.9 cm³/mol. The minimum absolute atomic E-state index is 0.0520. The van der Waals surface area contributed by atoms with E-state index in [4.69, 9.17) is 0 Å². The highest BCUT2D eigenvalue weighted by atomic mass is 19.1. The summed E-state index contributed by atoms with van der Waals surface area (Å²) in [6.45, 7) is 3.69. The summed E-state index contributed by atoms with van der Waals surface area (Å²) in [5.41, 5.74) is 2.48. The maximum Gasteiger partial charge on any atom is 0.292 e. The molecule has 0 spiro atoms. The van der Waals surface area contributed by atoms with Crippen LogP contribution >= 0.6 is 0 Å². The summed E-state index contributed by atoms with van der Waals surface area (Å²) in [6, 6.07) is 8.70. The zero-order valence-electron chi connectivity index (χ0n) is 13.7. The van der Waals surface area contributed by atoms with Gasteiger partial charge < -0.3 is 10.2 Å². The van der Waals surface area contributed by atoms with Crippen LogP contribution in [0.5, 0.6) is 0 Å². The average molecular weight is 331 g/mol. The van der Waals surface area contributed by atoms with Crippen LogP contribution in [0.1, 0.15) is 11.1 Å². The number of nitro groups is 1. The molecule has 2 aromatic carbocycles. The molecule has 0 bridgehead atoms. The van der Waals surface area contributed by atoms with Crippen molar-refractivity contribution in [1.29, 1.82) is 0 Å². The number of halogens is 1. The van der Waals surface area contributed by atoms with Gasteiger partial charge in [0.15, 0.2) is 0 Å². The Morgan fingerprint density at radius 3 is 2.67 bits per heavy atom. The van der Waals surface area contributed by atoms with E-state index in [-0.39, 0.29) is 23.8 Å². The largest absolute Gasteiger partial charge is 0.360 e. The molecule has 6 nitrogen and oxygen atoms in total. The first kappa shape index (κ1) is 17.4. The fraction of sp³-hybridized carbons (Fsp3) is 0.235. The van der Waals surface area contributed by atoms with Gasteiger partial charge in [0.05, 0.1) is 11.5 Å². The number of anilines is 2. The molecule has 126 valence electrons. The topological polar surface area (TPSA) is 75.5 Å². The summed E-state index contributed by atoms with van der Waals surface area (Å²) in [5.74, 6) is -0.942. The van der Waals surface area contributed by atoms with E-state index in [1.54, 1.807) is 6.07 Å². The number of carbonyl (C=O) groups is 1. The van der Waals surface area contributed by atoms with E-state index in [0.717, 1.165) is 29.3 Å². The van der Waals surface area contributed by atoms with E-state index in [1.807, 2.05) is 26.0 Å². The molecule has 0 unspecified atom stereocenters. The maximum atomic E-state index is 13.4. The van der Waals surface area contributed by atoms with Crippen LogP contribution in [-0.4, -0.2) is 24.4 Å². The Kier molecular flexibility index (Phi) is 5.13. The number of nitro benzene ring substituents is 1. The Hall–Kier alpha value is -2.96. The van der Waals surface area contributed by atoms with E-state index in [9.17, 15) is 19.3 Å². The van der Waals surface area contributed by atoms with Crippen molar-refractivity contribution in [2.24, 2.45) is 0 Å². The Balaban J connectivity index is 2.16. The number of benzene rings is 2. The molecule has 0 radical (unpaired) electrons. The zero-order valence-corrected chi connectivity index (χ0v) is 13.7. The second kappa shape index (κ2) is 7.08. The number of hydrogen-bond donors (Lipinski definition) is 1. The monoisotopic (exact) mass is 331 g/mol. The number of likely N-dealkylation sites (N-methyl/N-ethyl adjacent to an activating group) is 1. The molecule has 0 fully saturated rings. The summed E-state index contributed by atoms with van der Waals surface area (Å²) in [4.78, 5) is 24.0. The van der Waals surface area contributed by atoms with Gasteiger partial charge in [0.1, 0.15) is 11.5 Å². The van der Waals surface area contributed by atoms with Gasteiger partial charge >= 0.3 is 0 Å². The molecule has 0 saturated carbocycles. The molecule has 2 aromatic rings. The molecule has 0 atom stereocenters. The van der Waals surface area contributed by atoms with Gasteiger partial charge in [-0.05, 0) is 37.1 Å². The maximum absolute atomic E-state index is 13.4. The van der Waals surface area contributed by atoms with Crippen molar-refractivity contribution in [3.63, 3.8) is 0 Å². The van der Waals surface area contributed by atoms with Crippen LogP contribution in [-0.2, 0) is 4.79 Å². The van der Waals surface area contributed by atoms with Crippen LogP contribution < -0.4 is 10.2 Å². The number of carbonyl (C=O) groups excluding carboxylic acids is 1.